The Bertz CT molecular complexity index is 386. The molecule has 3 nitrogen and oxygen atoms in total. The van der Waals surface area contributed by atoms with E-state index in [9.17, 15) is 0 Å². The van der Waals surface area contributed by atoms with E-state index in [0.29, 0.717) is 12.1 Å². The van der Waals surface area contributed by atoms with Crippen molar-refractivity contribution in [3.05, 3.63) is 21.9 Å². The fraction of sp³-hybridized carbons (Fsp3) is 0.733. The number of aryl methyl sites for hydroxylation is 1. The molecule has 1 aliphatic heterocycles. The van der Waals surface area contributed by atoms with Crippen LogP contribution >= 0.6 is 11.3 Å². The molecule has 2 unspecified atom stereocenters. The van der Waals surface area contributed by atoms with E-state index in [4.69, 9.17) is 5.73 Å². The van der Waals surface area contributed by atoms with Crippen molar-refractivity contribution in [2.45, 2.75) is 39.3 Å². The van der Waals surface area contributed by atoms with Gasteiger partial charge in [0.1, 0.15) is 0 Å². The average Bonchev–Trinajstić information content (AvgIpc) is 3.03. The molecule has 1 aromatic rings. The highest BCUT2D eigenvalue weighted by atomic mass is 32.1. The van der Waals surface area contributed by atoms with Crippen LogP contribution in [0.2, 0.25) is 0 Å². The summed E-state index contributed by atoms with van der Waals surface area (Å²) in [4.78, 5) is 7.97. The van der Waals surface area contributed by atoms with E-state index in [1.165, 1.54) is 29.3 Å². The minimum atomic E-state index is 0.416. The van der Waals surface area contributed by atoms with Crippen molar-refractivity contribution in [3.8, 4) is 0 Å². The van der Waals surface area contributed by atoms with Crippen LogP contribution in [0.25, 0.3) is 0 Å². The fourth-order valence-electron chi connectivity index (χ4n) is 3.17. The number of rotatable bonds is 6. The Morgan fingerprint density at radius 1 is 1.42 bits per heavy atom. The van der Waals surface area contributed by atoms with Gasteiger partial charge in [0.05, 0.1) is 6.04 Å². The van der Waals surface area contributed by atoms with E-state index in [-0.39, 0.29) is 0 Å². The number of thiophene rings is 1. The maximum Gasteiger partial charge on any atom is 0.0564 e. The van der Waals surface area contributed by atoms with Crippen molar-refractivity contribution >= 4 is 11.3 Å². The van der Waals surface area contributed by atoms with E-state index in [1.54, 1.807) is 0 Å². The van der Waals surface area contributed by atoms with Crippen molar-refractivity contribution in [2.24, 2.45) is 5.73 Å². The molecule has 0 saturated carbocycles. The number of nitrogens with zero attached hydrogens (tertiary/aromatic N) is 2. The van der Waals surface area contributed by atoms with Crippen molar-refractivity contribution in [3.63, 3.8) is 0 Å². The molecule has 0 amide bonds. The van der Waals surface area contributed by atoms with Crippen LogP contribution in [0.5, 0.6) is 0 Å². The Labute approximate surface area is 121 Å². The SMILES string of the molecule is CCN(CC)C1CCN(C(CN)c2ccc(C)s2)C1. The lowest BCUT2D eigenvalue weighted by molar-refractivity contribution is 0.191. The second-order valence-electron chi connectivity index (χ2n) is 5.36. The van der Waals surface area contributed by atoms with E-state index in [1.807, 2.05) is 11.3 Å². The lowest BCUT2D eigenvalue weighted by Crippen LogP contribution is -2.39. The van der Waals surface area contributed by atoms with Gasteiger partial charge < -0.3 is 5.73 Å². The molecule has 0 aromatic carbocycles. The third-order valence-corrected chi connectivity index (χ3v) is 5.38. The number of nitrogens with two attached hydrogens (primary N) is 1. The zero-order valence-corrected chi connectivity index (χ0v) is 13.2. The molecule has 1 saturated heterocycles. The van der Waals surface area contributed by atoms with Gasteiger partial charge in [-0.3, -0.25) is 9.80 Å². The minimum absolute atomic E-state index is 0.416. The molecule has 2 heterocycles. The number of likely N-dealkylation sites (N-methyl/N-ethyl adjacent to an activating group) is 1. The summed E-state index contributed by atoms with van der Waals surface area (Å²) < 4.78 is 0. The minimum Gasteiger partial charge on any atom is -0.329 e. The van der Waals surface area contributed by atoms with Crippen LogP contribution < -0.4 is 5.73 Å². The first-order chi connectivity index (χ1) is 9.19. The first-order valence-corrected chi connectivity index (χ1v) is 8.25. The molecule has 2 N–H and O–H groups in total. The summed E-state index contributed by atoms with van der Waals surface area (Å²) in [7, 11) is 0. The van der Waals surface area contributed by atoms with Gasteiger partial charge in [0.2, 0.25) is 0 Å². The Kier molecular flexibility index (Phi) is 5.39. The second kappa shape index (κ2) is 6.84. The van der Waals surface area contributed by atoms with Gasteiger partial charge in [-0.1, -0.05) is 13.8 Å². The number of likely N-dealkylation sites (tertiary alicyclic amines) is 1. The molecule has 0 aliphatic carbocycles. The van der Waals surface area contributed by atoms with E-state index in [2.05, 4.69) is 42.7 Å². The molecule has 19 heavy (non-hydrogen) atoms. The summed E-state index contributed by atoms with van der Waals surface area (Å²) in [6.45, 7) is 12.1. The zero-order chi connectivity index (χ0) is 13.8. The average molecular weight is 281 g/mol. The maximum absolute atomic E-state index is 6.03. The van der Waals surface area contributed by atoms with Crippen molar-refractivity contribution in [2.75, 3.05) is 32.7 Å². The van der Waals surface area contributed by atoms with Crippen LogP contribution in [0.1, 0.15) is 36.1 Å². The lowest BCUT2D eigenvalue weighted by Gasteiger charge is -2.29. The first kappa shape index (κ1) is 15.0. The molecular formula is C15H27N3S. The van der Waals surface area contributed by atoms with E-state index < -0.39 is 0 Å². The molecule has 0 spiro atoms. The summed E-state index contributed by atoms with van der Waals surface area (Å²) in [6.07, 6.45) is 1.28. The first-order valence-electron chi connectivity index (χ1n) is 7.44. The summed E-state index contributed by atoms with van der Waals surface area (Å²) in [5.41, 5.74) is 6.03. The van der Waals surface area contributed by atoms with Crippen molar-refractivity contribution < 1.29 is 0 Å². The van der Waals surface area contributed by atoms with E-state index >= 15 is 0 Å². The summed E-state index contributed by atoms with van der Waals surface area (Å²) in [5, 5.41) is 0. The molecule has 0 radical (unpaired) electrons. The van der Waals surface area contributed by atoms with Gasteiger partial charge in [-0.25, -0.2) is 0 Å². The summed E-state index contributed by atoms with van der Waals surface area (Å²) in [6, 6.07) is 5.59. The van der Waals surface area contributed by atoms with Crippen LogP contribution in [-0.4, -0.2) is 48.6 Å². The quantitative estimate of drug-likeness (QED) is 0.869. The zero-order valence-electron chi connectivity index (χ0n) is 12.4. The number of hydrogen-bond donors (Lipinski definition) is 1. The molecule has 1 aliphatic rings. The van der Waals surface area contributed by atoms with Crippen LogP contribution in [0, 0.1) is 6.92 Å². The molecule has 0 bridgehead atoms. The van der Waals surface area contributed by atoms with Gasteiger partial charge in [0.15, 0.2) is 0 Å². The van der Waals surface area contributed by atoms with Crippen LogP contribution in [-0.2, 0) is 0 Å². The molecule has 2 atom stereocenters. The van der Waals surface area contributed by atoms with Crippen LogP contribution in [0.15, 0.2) is 12.1 Å². The Morgan fingerprint density at radius 3 is 2.68 bits per heavy atom. The Balaban J connectivity index is 2.02. The van der Waals surface area contributed by atoms with Gasteiger partial charge in [0.25, 0.3) is 0 Å². The van der Waals surface area contributed by atoms with Crippen molar-refractivity contribution in [1.82, 2.24) is 9.80 Å². The molecule has 1 aromatic heterocycles. The molecule has 108 valence electrons. The third-order valence-electron chi connectivity index (χ3n) is 4.28. The monoisotopic (exact) mass is 281 g/mol. The van der Waals surface area contributed by atoms with Gasteiger partial charge in [-0.15, -0.1) is 11.3 Å². The van der Waals surface area contributed by atoms with Crippen LogP contribution in [0.4, 0.5) is 0 Å². The highest BCUT2D eigenvalue weighted by molar-refractivity contribution is 7.12. The highest BCUT2D eigenvalue weighted by Crippen LogP contribution is 2.30. The second-order valence-corrected chi connectivity index (χ2v) is 6.68. The standard InChI is InChI=1S/C15H27N3S/c1-4-17(5-2)13-8-9-18(11-13)14(10-16)15-7-6-12(3)19-15/h6-7,13-14H,4-5,8-11,16H2,1-3H3. The largest absolute Gasteiger partial charge is 0.329 e. The summed E-state index contributed by atoms with van der Waals surface area (Å²) >= 11 is 1.89. The van der Waals surface area contributed by atoms with Gasteiger partial charge in [0, 0.05) is 35.4 Å². The predicted octanol–water partition coefficient (Wildman–Crippen LogP) is 2.47. The maximum atomic E-state index is 6.03. The lowest BCUT2D eigenvalue weighted by atomic mass is 10.2. The molecule has 2 rings (SSSR count). The van der Waals surface area contributed by atoms with Gasteiger partial charge in [-0.2, -0.15) is 0 Å². The van der Waals surface area contributed by atoms with Gasteiger partial charge in [-0.05, 0) is 38.6 Å². The van der Waals surface area contributed by atoms with Crippen molar-refractivity contribution in [1.29, 1.82) is 0 Å². The number of hydrogen-bond acceptors (Lipinski definition) is 4. The molecular weight excluding hydrogens is 254 g/mol. The topological polar surface area (TPSA) is 32.5 Å². The van der Waals surface area contributed by atoms with Gasteiger partial charge >= 0.3 is 0 Å². The molecule has 4 heteroatoms. The Morgan fingerprint density at radius 2 is 2.16 bits per heavy atom. The van der Waals surface area contributed by atoms with Crippen LogP contribution in [0.3, 0.4) is 0 Å². The third kappa shape index (κ3) is 3.37. The summed E-state index contributed by atoms with van der Waals surface area (Å²) in [5.74, 6) is 0. The fourth-order valence-corrected chi connectivity index (χ4v) is 4.19. The molecule has 1 fully saturated rings. The Hall–Kier alpha value is -0.420. The highest BCUT2D eigenvalue weighted by Gasteiger charge is 2.31. The predicted molar refractivity (Wildman–Crippen MR) is 83.8 cm³/mol. The van der Waals surface area contributed by atoms with E-state index in [0.717, 1.165) is 19.6 Å². The normalized spacial score (nSPS) is 22.3. The smallest absolute Gasteiger partial charge is 0.0564 e.